The molecule has 1 aromatic carbocycles. The Labute approximate surface area is 114 Å². The number of nitrogens with one attached hydrogen (secondary N) is 1. The molecule has 0 heterocycles. The van der Waals surface area contributed by atoms with Gasteiger partial charge in [-0.15, -0.1) is 0 Å². The van der Waals surface area contributed by atoms with Gasteiger partial charge in [0.15, 0.2) is 0 Å². The van der Waals surface area contributed by atoms with Crippen molar-refractivity contribution in [2.24, 2.45) is 5.92 Å². The van der Waals surface area contributed by atoms with Gasteiger partial charge in [0.2, 0.25) is 10.0 Å². The molecule has 1 unspecified atom stereocenters. The molecule has 2 N–H and O–H groups in total. The van der Waals surface area contributed by atoms with Crippen molar-refractivity contribution in [3.63, 3.8) is 0 Å². The summed E-state index contributed by atoms with van der Waals surface area (Å²) >= 11 is 3.17. The van der Waals surface area contributed by atoms with E-state index in [2.05, 4.69) is 20.7 Å². The van der Waals surface area contributed by atoms with Gasteiger partial charge in [-0.1, -0.05) is 19.1 Å². The van der Waals surface area contributed by atoms with E-state index in [4.69, 9.17) is 5.11 Å². The summed E-state index contributed by atoms with van der Waals surface area (Å²) in [6.07, 6.45) is -0.0710. The highest BCUT2D eigenvalue weighted by atomic mass is 79.9. The van der Waals surface area contributed by atoms with Gasteiger partial charge in [0, 0.05) is 17.4 Å². The standard InChI is InChI=1S/C11H14BrNO4S/c1-8(6-11(14)15)7-13-18(16,17)10-5-3-2-4-9(10)12/h2-5,8,13H,6-7H2,1H3,(H,14,15). The van der Waals surface area contributed by atoms with Gasteiger partial charge in [-0.25, -0.2) is 13.1 Å². The predicted molar refractivity (Wildman–Crippen MR) is 70.7 cm³/mol. The highest BCUT2D eigenvalue weighted by Crippen LogP contribution is 2.20. The van der Waals surface area contributed by atoms with Crippen molar-refractivity contribution in [2.45, 2.75) is 18.2 Å². The van der Waals surface area contributed by atoms with Crippen LogP contribution in [0.4, 0.5) is 0 Å². The lowest BCUT2D eigenvalue weighted by atomic mass is 10.1. The lowest BCUT2D eigenvalue weighted by molar-refractivity contribution is -0.137. The minimum Gasteiger partial charge on any atom is -0.481 e. The predicted octanol–water partition coefficient (Wildman–Crippen LogP) is 1.84. The molecule has 5 nitrogen and oxygen atoms in total. The van der Waals surface area contributed by atoms with E-state index in [-0.39, 0.29) is 23.8 Å². The molecule has 0 saturated heterocycles. The molecule has 0 fully saturated rings. The smallest absolute Gasteiger partial charge is 0.303 e. The maximum atomic E-state index is 12.0. The van der Waals surface area contributed by atoms with E-state index in [0.717, 1.165) is 0 Å². The highest BCUT2D eigenvalue weighted by Gasteiger charge is 2.18. The van der Waals surface area contributed by atoms with Crippen molar-refractivity contribution in [1.29, 1.82) is 0 Å². The summed E-state index contributed by atoms with van der Waals surface area (Å²) in [5.74, 6) is -1.21. The number of carboxylic acids is 1. The number of hydrogen-bond donors (Lipinski definition) is 2. The first kappa shape index (κ1) is 15.1. The summed E-state index contributed by atoms with van der Waals surface area (Å²) in [6.45, 7) is 1.77. The van der Waals surface area contributed by atoms with Crippen LogP contribution in [0.3, 0.4) is 0 Å². The van der Waals surface area contributed by atoms with E-state index in [1.165, 1.54) is 6.07 Å². The number of benzene rings is 1. The highest BCUT2D eigenvalue weighted by molar-refractivity contribution is 9.10. The molecule has 0 spiro atoms. The second-order valence-electron chi connectivity index (χ2n) is 3.99. The zero-order valence-corrected chi connectivity index (χ0v) is 12.2. The van der Waals surface area contributed by atoms with Gasteiger partial charge in [-0.3, -0.25) is 4.79 Å². The third-order valence-corrected chi connectivity index (χ3v) is 4.71. The zero-order chi connectivity index (χ0) is 13.8. The Balaban J connectivity index is 2.72. The third kappa shape index (κ3) is 4.40. The molecule has 0 bridgehead atoms. The van der Waals surface area contributed by atoms with E-state index in [1.807, 2.05) is 0 Å². The summed E-state index contributed by atoms with van der Waals surface area (Å²) in [5.41, 5.74) is 0. The molecule has 1 atom stereocenters. The molecule has 18 heavy (non-hydrogen) atoms. The second-order valence-corrected chi connectivity index (χ2v) is 6.58. The minimum absolute atomic E-state index is 0.0710. The molecule has 100 valence electrons. The molecule has 0 aliphatic heterocycles. The monoisotopic (exact) mass is 335 g/mol. The van der Waals surface area contributed by atoms with Gasteiger partial charge in [0.1, 0.15) is 0 Å². The number of sulfonamides is 1. The maximum Gasteiger partial charge on any atom is 0.303 e. The van der Waals surface area contributed by atoms with Gasteiger partial charge in [0.05, 0.1) is 4.90 Å². The first-order valence-electron chi connectivity index (χ1n) is 5.29. The van der Waals surface area contributed by atoms with Crippen LogP contribution in [0, 0.1) is 5.92 Å². The van der Waals surface area contributed by atoms with E-state index >= 15 is 0 Å². The van der Waals surface area contributed by atoms with Crippen LogP contribution in [-0.4, -0.2) is 26.0 Å². The van der Waals surface area contributed by atoms with Crippen molar-refractivity contribution in [3.8, 4) is 0 Å². The SMILES string of the molecule is CC(CNS(=O)(=O)c1ccccc1Br)CC(=O)O. The van der Waals surface area contributed by atoms with Crippen molar-refractivity contribution in [2.75, 3.05) is 6.54 Å². The number of carboxylic acid groups (broad SMARTS) is 1. The normalized spacial score (nSPS) is 13.2. The zero-order valence-electron chi connectivity index (χ0n) is 9.76. The van der Waals surface area contributed by atoms with Gasteiger partial charge in [0.25, 0.3) is 0 Å². The van der Waals surface area contributed by atoms with Crippen molar-refractivity contribution in [1.82, 2.24) is 4.72 Å². The van der Waals surface area contributed by atoms with E-state index in [1.54, 1.807) is 25.1 Å². The third-order valence-electron chi connectivity index (χ3n) is 2.27. The fourth-order valence-corrected chi connectivity index (χ4v) is 3.53. The minimum atomic E-state index is -3.61. The summed E-state index contributed by atoms with van der Waals surface area (Å²) in [5, 5.41) is 8.59. The number of hydrogen-bond acceptors (Lipinski definition) is 3. The van der Waals surface area contributed by atoms with Crippen LogP contribution < -0.4 is 4.72 Å². The van der Waals surface area contributed by atoms with Crippen LogP contribution in [0.1, 0.15) is 13.3 Å². The van der Waals surface area contributed by atoms with Crippen LogP contribution >= 0.6 is 15.9 Å². The summed E-state index contributed by atoms with van der Waals surface area (Å²) in [6, 6.07) is 6.46. The molecule has 1 aromatic rings. The summed E-state index contributed by atoms with van der Waals surface area (Å²) < 4.78 is 26.8. The maximum absolute atomic E-state index is 12.0. The number of aliphatic carboxylic acids is 1. The first-order chi connectivity index (χ1) is 8.33. The topological polar surface area (TPSA) is 83.5 Å². The average molecular weight is 336 g/mol. The van der Waals surface area contributed by atoms with Crippen LogP contribution in [0.25, 0.3) is 0 Å². The molecule has 1 rings (SSSR count). The molecular formula is C11H14BrNO4S. The molecule has 0 aromatic heterocycles. The molecule has 0 aliphatic carbocycles. The van der Waals surface area contributed by atoms with E-state index < -0.39 is 16.0 Å². The van der Waals surface area contributed by atoms with Crippen molar-refractivity contribution >= 4 is 31.9 Å². The molecule has 0 radical (unpaired) electrons. The fraction of sp³-hybridized carbons (Fsp3) is 0.364. The second kappa shape index (κ2) is 6.31. The van der Waals surface area contributed by atoms with Crippen LogP contribution in [0.5, 0.6) is 0 Å². The van der Waals surface area contributed by atoms with Crippen LogP contribution in [0.15, 0.2) is 33.6 Å². The summed E-state index contributed by atoms with van der Waals surface area (Å²) in [4.78, 5) is 10.6. The lowest BCUT2D eigenvalue weighted by Crippen LogP contribution is -2.29. The lowest BCUT2D eigenvalue weighted by Gasteiger charge is -2.11. The Hall–Kier alpha value is -0.920. The van der Waals surface area contributed by atoms with Crippen LogP contribution in [0.2, 0.25) is 0 Å². The Morgan fingerprint density at radius 2 is 2.06 bits per heavy atom. The summed E-state index contributed by atoms with van der Waals surface area (Å²) in [7, 11) is -3.61. The molecule has 0 saturated carbocycles. The van der Waals surface area contributed by atoms with E-state index in [9.17, 15) is 13.2 Å². The Bertz CT molecular complexity index is 530. The molecule has 7 heteroatoms. The molecule has 0 amide bonds. The van der Waals surface area contributed by atoms with Gasteiger partial charge < -0.3 is 5.11 Å². The molecular weight excluding hydrogens is 322 g/mol. The number of carbonyl (C=O) groups is 1. The Kier molecular flexibility index (Phi) is 5.30. The van der Waals surface area contributed by atoms with Crippen molar-refractivity contribution < 1.29 is 18.3 Å². The van der Waals surface area contributed by atoms with Crippen LogP contribution in [-0.2, 0) is 14.8 Å². The first-order valence-corrected chi connectivity index (χ1v) is 7.56. The average Bonchev–Trinajstić information content (AvgIpc) is 2.26. The molecule has 0 aliphatic rings. The Morgan fingerprint density at radius 1 is 1.44 bits per heavy atom. The quantitative estimate of drug-likeness (QED) is 0.830. The van der Waals surface area contributed by atoms with Gasteiger partial charge >= 0.3 is 5.97 Å². The number of halogens is 1. The number of rotatable bonds is 6. The van der Waals surface area contributed by atoms with Gasteiger partial charge in [-0.2, -0.15) is 0 Å². The van der Waals surface area contributed by atoms with E-state index in [0.29, 0.717) is 4.47 Å². The largest absolute Gasteiger partial charge is 0.481 e. The van der Waals surface area contributed by atoms with Crippen molar-refractivity contribution in [3.05, 3.63) is 28.7 Å². The van der Waals surface area contributed by atoms with Gasteiger partial charge in [-0.05, 0) is 34.0 Å². The Morgan fingerprint density at radius 3 is 2.61 bits per heavy atom. The fourth-order valence-electron chi connectivity index (χ4n) is 1.36.